The zero-order chi connectivity index (χ0) is 18.8. The maximum Gasteiger partial charge on any atom is 0.265 e. The minimum absolute atomic E-state index is 0.0623. The lowest BCUT2D eigenvalue weighted by Gasteiger charge is -2.28. The third-order valence-corrected chi connectivity index (χ3v) is 4.28. The van der Waals surface area contributed by atoms with Crippen molar-refractivity contribution in [3.05, 3.63) is 53.4 Å². The molecule has 2 aromatic carbocycles. The number of rotatable bonds is 5. The third kappa shape index (κ3) is 3.59. The summed E-state index contributed by atoms with van der Waals surface area (Å²) in [6.07, 6.45) is 0. The van der Waals surface area contributed by atoms with Gasteiger partial charge in [0.05, 0.1) is 12.3 Å². The summed E-state index contributed by atoms with van der Waals surface area (Å²) in [7, 11) is 0. The van der Waals surface area contributed by atoms with Crippen LogP contribution in [0.25, 0.3) is 11.4 Å². The fourth-order valence-electron chi connectivity index (χ4n) is 2.79. The van der Waals surface area contributed by atoms with Crippen LogP contribution in [0.1, 0.15) is 12.8 Å². The maximum absolute atomic E-state index is 12.3. The van der Waals surface area contributed by atoms with Crippen LogP contribution in [-0.2, 0) is 11.3 Å². The summed E-state index contributed by atoms with van der Waals surface area (Å²) in [4.78, 5) is 18.2. The van der Waals surface area contributed by atoms with Gasteiger partial charge >= 0.3 is 0 Å². The third-order valence-electron chi connectivity index (χ3n) is 4.05. The lowest BCUT2D eigenvalue weighted by atomic mass is 10.2. The van der Waals surface area contributed by atoms with Gasteiger partial charge in [-0.3, -0.25) is 9.69 Å². The lowest BCUT2D eigenvalue weighted by molar-refractivity contribution is -0.121. The topological polar surface area (TPSA) is 77.7 Å². The molecule has 2 heterocycles. The molecule has 1 amide bonds. The summed E-state index contributed by atoms with van der Waals surface area (Å²) in [5.74, 6) is 1.92. The van der Waals surface area contributed by atoms with E-state index in [1.807, 2.05) is 31.2 Å². The van der Waals surface area contributed by atoms with Crippen molar-refractivity contribution in [3.63, 3.8) is 0 Å². The molecule has 1 aromatic heterocycles. The second-order valence-corrected chi connectivity index (χ2v) is 6.29. The molecule has 0 spiro atoms. The Hall–Kier alpha value is -3.06. The van der Waals surface area contributed by atoms with Gasteiger partial charge in [-0.15, -0.1) is 0 Å². The molecular weight excluding hydrogens is 370 g/mol. The van der Waals surface area contributed by atoms with Crippen molar-refractivity contribution >= 4 is 23.2 Å². The Morgan fingerprint density at radius 3 is 2.81 bits per heavy atom. The number of anilines is 1. The van der Waals surface area contributed by atoms with Crippen LogP contribution in [-0.4, -0.2) is 29.3 Å². The van der Waals surface area contributed by atoms with Gasteiger partial charge in [0.1, 0.15) is 18.0 Å². The van der Waals surface area contributed by atoms with Crippen LogP contribution in [0.15, 0.2) is 47.0 Å². The number of ether oxygens (including phenoxy) is 2. The fraction of sp³-hybridized carbons (Fsp3) is 0.211. The van der Waals surface area contributed by atoms with E-state index in [0.29, 0.717) is 34.8 Å². The minimum Gasteiger partial charge on any atom is -0.494 e. The Labute approximate surface area is 160 Å². The largest absolute Gasteiger partial charge is 0.494 e. The van der Waals surface area contributed by atoms with Crippen LogP contribution >= 0.6 is 11.6 Å². The number of nitrogens with zero attached hydrogens (tertiary/aromatic N) is 3. The van der Waals surface area contributed by atoms with Crippen molar-refractivity contribution in [3.8, 4) is 22.9 Å². The Morgan fingerprint density at radius 1 is 1.22 bits per heavy atom. The van der Waals surface area contributed by atoms with Gasteiger partial charge in [0.15, 0.2) is 6.61 Å². The summed E-state index contributed by atoms with van der Waals surface area (Å²) in [5, 5.41) is 4.55. The molecule has 27 heavy (non-hydrogen) atoms. The van der Waals surface area contributed by atoms with Crippen molar-refractivity contribution in [1.82, 2.24) is 10.1 Å². The van der Waals surface area contributed by atoms with E-state index in [4.69, 9.17) is 25.6 Å². The molecule has 3 aromatic rings. The average molecular weight is 386 g/mol. The highest BCUT2D eigenvalue weighted by atomic mass is 35.5. The van der Waals surface area contributed by atoms with Crippen LogP contribution in [0.3, 0.4) is 0 Å². The van der Waals surface area contributed by atoms with Gasteiger partial charge in [-0.05, 0) is 43.3 Å². The SMILES string of the molecule is CCOc1ccc(-c2noc(CN3C(=O)COc4cc(Cl)ccc43)n2)cc1. The average Bonchev–Trinajstić information content (AvgIpc) is 3.14. The summed E-state index contributed by atoms with van der Waals surface area (Å²) >= 11 is 5.99. The van der Waals surface area contributed by atoms with Crippen molar-refractivity contribution in [2.75, 3.05) is 18.1 Å². The standard InChI is InChI=1S/C19H16ClN3O4/c1-2-25-14-6-3-12(4-7-14)19-21-17(27-22-19)10-23-15-8-5-13(20)9-16(15)26-11-18(23)24/h3-9H,2,10-11H2,1H3. The first-order valence-electron chi connectivity index (χ1n) is 8.42. The summed E-state index contributed by atoms with van der Waals surface area (Å²) in [6.45, 7) is 2.62. The molecule has 1 aliphatic rings. The zero-order valence-corrected chi connectivity index (χ0v) is 15.3. The zero-order valence-electron chi connectivity index (χ0n) is 14.5. The minimum atomic E-state index is -0.189. The number of fused-ring (bicyclic) bond motifs is 1. The van der Waals surface area contributed by atoms with Gasteiger partial charge < -0.3 is 14.0 Å². The van der Waals surface area contributed by atoms with Gasteiger partial charge in [-0.25, -0.2) is 0 Å². The molecule has 1 aliphatic heterocycles. The number of carbonyl (C=O) groups excluding carboxylic acids is 1. The number of benzene rings is 2. The maximum atomic E-state index is 12.3. The lowest BCUT2D eigenvalue weighted by Crippen LogP contribution is -2.38. The van der Waals surface area contributed by atoms with Crippen molar-refractivity contribution in [1.29, 1.82) is 0 Å². The van der Waals surface area contributed by atoms with Crippen LogP contribution in [0, 0.1) is 0 Å². The molecule has 0 bridgehead atoms. The van der Waals surface area contributed by atoms with Crippen LogP contribution in [0.2, 0.25) is 5.02 Å². The molecule has 0 unspecified atom stereocenters. The summed E-state index contributed by atoms with van der Waals surface area (Å²) in [5.41, 5.74) is 1.42. The molecule has 8 heteroatoms. The highest BCUT2D eigenvalue weighted by molar-refractivity contribution is 6.30. The molecule has 0 atom stereocenters. The second-order valence-electron chi connectivity index (χ2n) is 5.85. The quantitative estimate of drug-likeness (QED) is 0.666. The molecule has 4 rings (SSSR count). The Kier molecular flexibility index (Phi) is 4.68. The number of halogens is 1. The molecule has 0 aliphatic carbocycles. The highest BCUT2D eigenvalue weighted by Gasteiger charge is 2.27. The van der Waals surface area contributed by atoms with E-state index in [0.717, 1.165) is 11.3 Å². The van der Waals surface area contributed by atoms with E-state index in [9.17, 15) is 4.79 Å². The Balaban J connectivity index is 1.55. The smallest absolute Gasteiger partial charge is 0.265 e. The van der Waals surface area contributed by atoms with E-state index < -0.39 is 0 Å². The fourth-order valence-corrected chi connectivity index (χ4v) is 2.95. The normalized spacial score (nSPS) is 13.3. The molecule has 0 N–H and O–H groups in total. The van der Waals surface area contributed by atoms with E-state index in [2.05, 4.69) is 10.1 Å². The van der Waals surface area contributed by atoms with E-state index in [1.165, 1.54) is 0 Å². The van der Waals surface area contributed by atoms with Gasteiger partial charge in [0.25, 0.3) is 5.91 Å². The number of amides is 1. The first kappa shape index (κ1) is 17.4. The van der Waals surface area contributed by atoms with Gasteiger partial charge in [0.2, 0.25) is 11.7 Å². The molecule has 0 fully saturated rings. The van der Waals surface area contributed by atoms with E-state index in [-0.39, 0.29) is 19.1 Å². The number of carbonyl (C=O) groups is 1. The van der Waals surface area contributed by atoms with Gasteiger partial charge in [-0.2, -0.15) is 4.98 Å². The van der Waals surface area contributed by atoms with Gasteiger partial charge in [0, 0.05) is 16.7 Å². The predicted molar refractivity (Wildman–Crippen MR) is 99.0 cm³/mol. The Bertz CT molecular complexity index is 971. The molecular formula is C19H16ClN3O4. The van der Waals surface area contributed by atoms with Gasteiger partial charge in [-0.1, -0.05) is 16.8 Å². The molecule has 7 nitrogen and oxygen atoms in total. The molecule has 0 saturated heterocycles. The monoisotopic (exact) mass is 385 g/mol. The Morgan fingerprint density at radius 2 is 2.04 bits per heavy atom. The number of hydrogen-bond donors (Lipinski definition) is 0. The van der Waals surface area contributed by atoms with E-state index >= 15 is 0 Å². The summed E-state index contributed by atoms with van der Waals surface area (Å²) < 4.78 is 16.2. The van der Waals surface area contributed by atoms with Crippen LogP contribution in [0.5, 0.6) is 11.5 Å². The number of aromatic nitrogens is 2. The number of hydrogen-bond acceptors (Lipinski definition) is 6. The molecule has 138 valence electrons. The van der Waals surface area contributed by atoms with Crippen LogP contribution in [0.4, 0.5) is 5.69 Å². The van der Waals surface area contributed by atoms with Crippen LogP contribution < -0.4 is 14.4 Å². The highest BCUT2D eigenvalue weighted by Crippen LogP contribution is 2.35. The molecule has 0 radical (unpaired) electrons. The second kappa shape index (κ2) is 7.28. The first-order valence-corrected chi connectivity index (χ1v) is 8.80. The van der Waals surface area contributed by atoms with Crippen molar-refractivity contribution < 1.29 is 18.8 Å². The van der Waals surface area contributed by atoms with Crippen molar-refractivity contribution in [2.45, 2.75) is 13.5 Å². The van der Waals surface area contributed by atoms with E-state index in [1.54, 1.807) is 23.1 Å². The first-order chi connectivity index (χ1) is 13.1. The van der Waals surface area contributed by atoms with Crippen molar-refractivity contribution in [2.24, 2.45) is 0 Å². The summed E-state index contributed by atoms with van der Waals surface area (Å²) in [6, 6.07) is 12.5. The predicted octanol–water partition coefficient (Wildman–Crippen LogP) is 3.71. The molecule has 0 saturated carbocycles.